The number of carboxylic acid groups (broad SMARTS) is 1. The van der Waals surface area contributed by atoms with Crippen molar-refractivity contribution in [1.29, 1.82) is 0 Å². The number of aromatic nitrogens is 4. The first-order valence-electron chi connectivity index (χ1n) is 7.82. The molecule has 12 nitrogen and oxygen atoms in total. The number of hydrogen-bond acceptors (Lipinski definition) is 10. The van der Waals surface area contributed by atoms with Crippen LogP contribution in [0.25, 0.3) is 11.2 Å². The standard InChI is InChI=1S/C14H19N5O7/c1-5(21)7(14(24)25)18-11-8-12(16-3-15-11)19(4-17-8)13-10(23)9(22)6(2-20)26-13/h3-7,9-10,13,20-23H,2H2,1H3,(H,24,25)(H,15,16,18)/t5?,6-,7+,9?,10+,13-/m1/s1. The van der Waals surface area contributed by atoms with Gasteiger partial charge in [-0.05, 0) is 6.92 Å². The van der Waals surface area contributed by atoms with E-state index < -0.39 is 49.3 Å². The first-order valence-corrected chi connectivity index (χ1v) is 7.82. The van der Waals surface area contributed by atoms with Gasteiger partial charge >= 0.3 is 5.97 Å². The molecule has 0 bridgehead atoms. The van der Waals surface area contributed by atoms with Crippen molar-refractivity contribution in [2.75, 3.05) is 11.9 Å². The Balaban J connectivity index is 1.96. The van der Waals surface area contributed by atoms with Gasteiger partial charge in [-0.15, -0.1) is 0 Å². The van der Waals surface area contributed by atoms with Crippen molar-refractivity contribution in [3.63, 3.8) is 0 Å². The van der Waals surface area contributed by atoms with Crippen molar-refractivity contribution in [3.05, 3.63) is 12.7 Å². The lowest BCUT2D eigenvalue weighted by atomic mass is 10.1. The van der Waals surface area contributed by atoms with E-state index in [0.717, 1.165) is 6.33 Å². The van der Waals surface area contributed by atoms with Gasteiger partial charge in [-0.1, -0.05) is 0 Å². The maximum Gasteiger partial charge on any atom is 0.328 e. The SMILES string of the molecule is CC(O)[C@H](Nc1ncnc2c1ncn2[C@@H]1O[C@H](CO)C(O)[C@@H]1O)C(=O)O. The molecule has 0 radical (unpaired) electrons. The highest BCUT2D eigenvalue weighted by Gasteiger charge is 2.44. The van der Waals surface area contributed by atoms with Crippen LogP contribution >= 0.6 is 0 Å². The average molecular weight is 369 g/mol. The molecule has 2 aromatic heterocycles. The van der Waals surface area contributed by atoms with Gasteiger partial charge in [0.15, 0.2) is 29.3 Å². The number of nitrogens with one attached hydrogen (secondary N) is 1. The van der Waals surface area contributed by atoms with Gasteiger partial charge in [0.05, 0.1) is 19.0 Å². The fourth-order valence-corrected chi connectivity index (χ4v) is 2.79. The highest BCUT2D eigenvalue weighted by molar-refractivity contribution is 5.86. The fourth-order valence-electron chi connectivity index (χ4n) is 2.79. The Morgan fingerprint density at radius 3 is 2.65 bits per heavy atom. The van der Waals surface area contributed by atoms with Crippen molar-refractivity contribution in [2.24, 2.45) is 0 Å². The zero-order valence-corrected chi connectivity index (χ0v) is 13.7. The molecule has 2 aromatic rings. The van der Waals surface area contributed by atoms with E-state index in [4.69, 9.17) is 4.74 Å². The second kappa shape index (κ2) is 7.09. The summed E-state index contributed by atoms with van der Waals surface area (Å²) in [6.07, 6.45) is -3.34. The molecule has 1 saturated heterocycles. The molecule has 1 aliphatic rings. The number of carbonyl (C=O) groups is 1. The van der Waals surface area contributed by atoms with Gasteiger partial charge in [0.2, 0.25) is 0 Å². The number of nitrogens with zero attached hydrogens (tertiary/aromatic N) is 4. The minimum Gasteiger partial charge on any atom is -0.480 e. The minimum atomic E-state index is -1.32. The number of carboxylic acids is 1. The number of aliphatic hydroxyl groups is 4. The molecule has 1 aliphatic heterocycles. The average Bonchev–Trinajstić information content (AvgIpc) is 3.14. The van der Waals surface area contributed by atoms with E-state index in [0.29, 0.717) is 0 Å². The molecular formula is C14H19N5O7. The van der Waals surface area contributed by atoms with E-state index in [-0.39, 0.29) is 17.0 Å². The van der Waals surface area contributed by atoms with Gasteiger partial charge in [0.1, 0.15) is 24.6 Å². The van der Waals surface area contributed by atoms with Gasteiger partial charge in [-0.25, -0.2) is 19.7 Å². The van der Waals surface area contributed by atoms with E-state index in [2.05, 4.69) is 20.3 Å². The molecule has 0 amide bonds. The molecule has 0 aliphatic carbocycles. The normalized spacial score (nSPS) is 28.2. The van der Waals surface area contributed by atoms with Gasteiger partial charge in [0, 0.05) is 0 Å². The van der Waals surface area contributed by atoms with E-state index in [1.165, 1.54) is 17.8 Å². The van der Waals surface area contributed by atoms with Crippen LogP contribution < -0.4 is 5.32 Å². The van der Waals surface area contributed by atoms with Crippen molar-refractivity contribution in [1.82, 2.24) is 19.5 Å². The van der Waals surface area contributed by atoms with Crippen LogP contribution in [-0.4, -0.2) is 88.1 Å². The smallest absolute Gasteiger partial charge is 0.328 e. The zero-order chi connectivity index (χ0) is 19.0. The molecular weight excluding hydrogens is 350 g/mol. The topological polar surface area (TPSA) is 183 Å². The molecule has 1 fully saturated rings. The first-order chi connectivity index (χ1) is 12.3. The summed E-state index contributed by atoms with van der Waals surface area (Å²) < 4.78 is 6.79. The molecule has 0 aromatic carbocycles. The maximum atomic E-state index is 11.2. The Kier molecular flexibility index (Phi) is 5.02. The van der Waals surface area contributed by atoms with Gasteiger partial charge in [-0.3, -0.25) is 4.57 Å². The number of aliphatic hydroxyl groups excluding tert-OH is 4. The summed E-state index contributed by atoms with van der Waals surface area (Å²) in [6, 6.07) is -1.31. The summed E-state index contributed by atoms with van der Waals surface area (Å²) in [5.41, 5.74) is 0.407. The summed E-state index contributed by atoms with van der Waals surface area (Å²) in [7, 11) is 0. The quantitative estimate of drug-likeness (QED) is 0.321. The minimum absolute atomic E-state index is 0.0776. The Labute approximate surface area is 146 Å². The van der Waals surface area contributed by atoms with Crippen molar-refractivity contribution in [3.8, 4) is 0 Å². The summed E-state index contributed by atoms with van der Waals surface area (Å²) >= 11 is 0. The second-order valence-electron chi connectivity index (χ2n) is 5.98. The lowest BCUT2D eigenvalue weighted by molar-refractivity contribution is -0.140. The van der Waals surface area contributed by atoms with Crippen molar-refractivity contribution < 1.29 is 35.1 Å². The van der Waals surface area contributed by atoms with Crippen LogP contribution in [0.2, 0.25) is 0 Å². The molecule has 3 heterocycles. The number of anilines is 1. The Hall–Kier alpha value is -2.38. The van der Waals surface area contributed by atoms with Gasteiger partial charge in [-0.2, -0.15) is 0 Å². The van der Waals surface area contributed by atoms with E-state index >= 15 is 0 Å². The maximum absolute atomic E-state index is 11.2. The molecule has 142 valence electrons. The van der Waals surface area contributed by atoms with E-state index in [9.17, 15) is 30.3 Å². The Morgan fingerprint density at radius 1 is 1.35 bits per heavy atom. The monoisotopic (exact) mass is 369 g/mol. The first kappa shape index (κ1) is 18.4. The highest BCUT2D eigenvalue weighted by atomic mass is 16.6. The van der Waals surface area contributed by atoms with Crippen molar-refractivity contribution >= 4 is 23.0 Å². The van der Waals surface area contributed by atoms with Crippen LogP contribution in [-0.2, 0) is 9.53 Å². The van der Waals surface area contributed by atoms with Crippen LogP contribution in [0.1, 0.15) is 13.2 Å². The van der Waals surface area contributed by atoms with Crippen LogP contribution in [0.15, 0.2) is 12.7 Å². The molecule has 12 heteroatoms. The van der Waals surface area contributed by atoms with Crippen molar-refractivity contribution in [2.45, 2.75) is 43.6 Å². The van der Waals surface area contributed by atoms with E-state index in [1.807, 2.05) is 0 Å². The predicted octanol–water partition coefficient (Wildman–Crippen LogP) is -2.32. The number of imidazole rings is 1. The third kappa shape index (κ3) is 3.08. The summed E-state index contributed by atoms with van der Waals surface area (Å²) in [6.45, 7) is 0.847. The number of aliphatic carboxylic acids is 1. The number of rotatable bonds is 6. The van der Waals surface area contributed by atoms with Crippen LogP contribution in [0, 0.1) is 0 Å². The lowest BCUT2D eigenvalue weighted by Crippen LogP contribution is -2.39. The molecule has 6 atom stereocenters. The van der Waals surface area contributed by atoms with Gasteiger partial charge in [0.25, 0.3) is 0 Å². The fraction of sp³-hybridized carbons (Fsp3) is 0.571. The third-order valence-corrected chi connectivity index (χ3v) is 4.19. The number of fused-ring (bicyclic) bond motifs is 1. The number of ether oxygens (including phenoxy) is 1. The molecule has 6 N–H and O–H groups in total. The van der Waals surface area contributed by atoms with E-state index in [1.54, 1.807) is 0 Å². The van der Waals surface area contributed by atoms with Crippen LogP contribution in [0.4, 0.5) is 5.82 Å². The van der Waals surface area contributed by atoms with Gasteiger partial charge < -0.3 is 35.6 Å². The Morgan fingerprint density at radius 2 is 2.08 bits per heavy atom. The molecule has 26 heavy (non-hydrogen) atoms. The molecule has 0 saturated carbocycles. The predicted molar refractivity (Wildman–Crippen MR) is 85.1 cm³/mol. The molecule has 2 unspecified atom stereocenters. The zero-order valence-electron chi connectivity index (χ0n) is 13.7. The largest absolute Gasteiger partial charge is 0.480 e. The Bertz CT molecular complexity index is 797. The summed E-state index contributed by atoms with van der Waals surface area (Å²) in [5.74, 6) is -1.19. The molecule has 0 spiro atoms. The molecule has 3 rings (SSSR count). The summed E-state index contributed by atoms with van der Waals surface area (Å²) in [4.78, 5) is 23.4. The third-order valence-electron chi connectivity index (χ3n) is 4.19. The second-order valence-corrected chi connectivity index (χ2v) is 5.98. The van der Waals surface area contributed by atoms with Crippen LogP contribution in [0.5, 0.6) is 0 Å². The summed E-state index contributed by atoms with van der Waals surface area (Å²) in [5, 5.41) is 50.6. The highest BCUT2D eigenvalue weighted by Crippen LogP contribution is 2.32. The number of hydrogen-bond donors (Lipinski definition) is 6. The van der Waals surface area contributed by atoms with Crippen LogP contribution in [0.3, 0.4) is 0 Å². The lowest BCUT2D eigenvalue weighted by Gasteiger charge is -2.18.